The Morgan fingerprint density at radius 1 is 1.18 bits per heavy atom. The van der Waals surface area contributed by atoms with Gasteiger partial charge in [0.05, 0.1) is 5.56 Å². The van der Waals surface area contributed by atoms with Gasteiger partial charge in [-0.15, -0.1) is 0 Å². The maximum Gasteiger partial charge on any atom is 0.255 e. The summed E-state index contributed by atoms with van der Waals surface area (Å²) in [6, 6.07) is 13.7. The summed E-state index contributed by atoms with van der Waals surface area (Å²) in [5.74, 6) is 1.32. The van der Waals surface area contributed by atoms with Gasteiger partial charge in [0, 0.05) is 38.2 Å². The van der Waals surface area contributed by atoms with Gasteiger partial charge in [-0.2, -0.15) is 0 Å². The van der Waals surface area contributed by atoms with Gasteiger partial charge in [-0.05, 0) is 36.5 Å². The lowest BCUT2D eigenvalue weighted by atomic mass is 9.89. The fourth-order valence-electron chi connectivity index (χ4n) is 3.59. The predicted octanol–water partition coefficient (Wildman–Crippen LogP) is 4.16. The van der Waals surface area contributed by atoms with Crippen LogP contribution in [0.2, 0.25) is 0 Å². The van der Waals surface area contributed by atoms with Gasteiger partial charge >= 0.3 is 0 Å². The van der Waals surface area contributed by atoms with Crippen molar-refractivity contribution in [1.29, 1.82) is 0 Å². The first kappa shape index (κ1) is 20.1. The van der Waals surface area contributed by atoms with E-state index >= 15 is 0 Å². The first-order valence-corrected chi connectivity index (χ1v) is 10.1. The molecule has 1 aromatic heterocycles. The number of carbonyl (C=O) groups is 2. The number of pyridine rings is 1. The number of piperidine rings is 1. The number of aromatic nitrogens is 1. The summed E-state index contributed by atoms with van der Waals surface area (Å²) in [6.45, 7) is 6.04. The van der Waals surface area contributed by atoms with E-state index in [0.29, 0.717) is 37.5 Å². The summed E-state index contributed by atoms with van der Waals surface area (Å²) >= 11 is 0. The van der Waals surface area contributed by atoms with Gasteiger partial charge in [0.15, 0.2) is 0 Å². The van der Waals surface area contributed by atoms with Crippen LogP contribution in [0.15, 0.2) is 48.7 Å². The minimum absolute atomic E-state index is 0.0279. The maximum atomic E-state index is 12.8. The van der Waals surface area contributed by atoms with Gasteiger partial charge in [0.1, 0.15) is 11.6 Å². The highest BCUT2D eigenvalue weighted by atomic mass is 16.2. The zero-order chi connectivity index (χ0) is 19.9. The molecule has 5 nitrogen and oxygen atoms in total. The number of anilines is 1. The molecular weight excluding hydrogens is 350 g/mol. The molecule has 1 saturated heterocycles. The predicted molar refractivity (Wildman–Crippen MR) is 111 cm³/mol. The Morgan fingerprint density at radius 3 is 2.64 bits per heavy atom. The summed E-state index contributed by atoms with van der Waals surface area (Å²) in [5, 5.41) is 3.27. The molecule has 1 amide bonds. The molecule has 5 heteroatoms. The zero-order valence-electron chi connectivity index (χ0n) is 16.7. The van der Waals surface area contributed by atoms with E-state index < -0.39 is 0 Å². The minimum Gasteiger partial charge on any atom is -0.366 e. The standard InChI is InChI=1S/C23H29N3O2/c1-17(2)13-21(27)20-9-6-12-26(16-20)23(28)19-10-11-22(25-15-19)24-14-18-7-4-3-5-8-18/h3-5,7-8,10-11,15,17,20H,6,9,12-14,16H2,1-2H3,(H,24,25)/t20-/m1/s1. The molecule has 28 heavy (non-hydrogen) atoms. The molecule has 1 aromatic carbocycles. The highest BCUT2D eigenvalue weighted by molar-refractivity contribution is 5.94. The highest BCUT2D eigenvalue weighted by Gasteiger charge is 2.29. The van der Waals surface area contributed by atoms with Crippen LogP contribution < -0.4 is 5.32 Å². The summed E-state index contributed by atoms with van der Waals surface area (Å²) in [5.41, 5.74) is 1.75. The van der Waals surface area contributed by atoms with Crippen molar-refractivity contribution in [3.8, 4) is 0 Å². The number of ketones is 1. The van der Waals surface area contributed by atoms with Crippen molar-refractivity contribution < 1.29 is 9.59 Å². The quantitative estimate of drug-likeness (QED) is 0.785. The lowest BCUT2D eigenvalue weighted by Crippen LogP contribution is -2.42. The van der Waals surface area contributed by atoms with Gasteiger partial charge in [0.2, 0.25) is 0 Å². The fourth-order valence-corrected chi connectivity index (χ4v) is 3.59. The molecule has 2 heterocycles. The van der Waals surface area contributed by atoms with Crippen molar-refractivity contribution in [3.63, 3.8) is 0 Å². The molecule has 0 bridgehead atoms. The molecule has 3 rings (SSSR count). The van der Waals surface area contributed by atoms with Gasteiger partial charge < -0.3 is 10.2 Å². The third kappa shape index (κ3) is 5.41. The number of carbonyl (C=O) groups excluding carboxylic acids is 2. The van der Waals surface area contributed by atoms with Crippen LogP contribution in [0.4, 0.5) is 5.82 Å². The Bertz CT molecular complexity index is 787. The molecular formula is C23H29N3O2. The molecule has 1 atom stereocenters. The second-order valence-electron chi connectivity index (χ2n) is 7.93. The SMILES string of the molecule is CC(C)CC(=O)[C@@H]1CCCN(C(=O)c2ccc(NCc3ccccc3)nc2)C1. The number of Topliss-reactive ketones (excluding diaryl/α,β-unsaturated/α-hetero) is 1. The van der Waals surface area contributed by atoms with Crippen LogP contribution in [0.1, 0.15) is 49.0 Å². The summed E-state index contributed by atoms with van der Waals surface area (Å²) in [4.78, 5) is 31.4. The molecule has 0 saturated carbocycles. The summed E-state index contributed by atoms with van der Waals surface area (Å²) < 4.78 is 0. The first-order chi connectivity index (χ1) is 13.5. The number of rotatable bonds is 7. The average Bonchev–Trinajstić information content (AvgIpc) is 2.72. The molecule has 1 aliphatic rings. The van der Waals surface area contributed by atoms with Crippen LogP contribution >= 0.6 is 0 Å². The molecule has 1 fully saturated rings. The second kappa shape index (κ2) is 9.49. The Labute approximate surface area is 167 Å². The topological polar surface area (TPSA) is 62.3 Å². The van der Waals surface area contributed by atoms with E-state index in [1.807, 2.05) is 30.3 Å². The maximum absolute atomic E-state index is 12.8. The Balaban J connectivity index is 1.57. The number of nitrogens with one attached hydrogen (secondary N) is 1. The largest absolute Gasteiger partial charge is 0.366 e. The van der Waals surface area contributed by atoms with Crippen LogP contribution in [-0.4, -0.2) is 34.7 Å². The van der Waals surface area contributed by atoms with E-state index in [2.05, 4.69) is 36.3 Å². The van der Waals surface area contributed by atoms with E-state index in [1.54, 1.807) is 11.1 Å². The van der Waals surface area contributed by atoms with Crippen LogP contribution in [-0.2, 0) is 11.3 Å². The van der Waals surface area contributed by atoms with Crippen LogP contribution in [0, 0.1) is 11.8 Å². The Morgan fingerprint density at radius 2 is 1.96 bits per heavy atom. The molecule has 1 N–H and O–H groups in total. The van der Waals surface area contributed by atoms with Gasteiger partial charge in [-0.25, -0.2) is 4.98 Å². The number of likely N-dealkylation sites (tertiary alicyclic amines) is 1. The fraction of sp³-hybridized carbons (Fsp3) is 0.435. The molecule has 0 aliphatic carbocycles. The lowest BCUT2D eigenvalue weighted by Gasteiger charge is -2.32. The third-order valence-electron chi connectivity index (χ3n) is 5.10. The van der Waals surface area contributed by atoms with Crippen LogP contribution in [0.25, 0.3) is 0 Å². The van der Waals surface area contributed by atoms with Crippen LogP contribution in [0.5, 0.6) is 0 Å². The number of benzene rings is 1. The van der Waals surface area contributed by atoms with E-state index in [1.165, 1.54) is 5.56 Å². The minimum atomic E-state index is -0.0378. The molecule has 1 aliphatic heterocycles. The van der Waals surface area contributed by atoms with E-state index in [9.17, 15) is 9.59 Å². The highest BCUT2D eigenvalue weighted by Crippen LogP contribution is 2.22. The van der Waals surface area contributed by atoms with Crippen molar-refractivity contribution in [3.05, 3.63) is 59.8 Å². The molecule has 148 valence electrons. The Hall–Kier alpha value is -2.69. The van der Waals surface area contributed by atoms with Gasteiger partial charge in [-0.1, -0.05) is 44.2 Å². The van der Waals surface area contributed by atoms with E-state index in [0.717, 1.165) is 18.7 Å². The molecule has 0 spiro atoms. The van der Waals surface area contributed by atoms with Crippen molar-refractivity contribution in [2.24, 2.45) is 11.8 Å². The summed E-state index contributed by atoms with van der Waals surface area (Å²) in [7, 11) is 0. The smallest absolute Gasteiger partial charge is 0.255 e. The molecule has 2 aromatic rings. The summed E-state index contributed by atoms with van der Waals surface area (Å²) in [6.07, 6.45) is 3.98. The average molecular weight is 380 g/mol. The first-order valence-electron chi connectivity index (χ1n) is 10.1. The van der Waals surface area contributed by atoms with E-state index in [4.69, 9.17) is 0 Å². The number of amides is 1. The molecule has 0 unspecified atom stereocenters. The van der Waals surface area contributed by atoms with Crippen LogP contribution in [0.3, 0.4) is 0 Å². The number of nitrogens with zero attached hydrogens (tertiary/aromatic N) is 2. The van der Waals surface area contributed by atoms with Crippen molar-refractivity contribution in [1.82, 2.24) is 9.88 Å². The van der Waals surface area contributed by atoms with Gasteiger partial charge in [-0.3, -0.25) is 9.59 Å². The van der Waals surface area contributed by atoms with Crippen molar-refractivity contribution in [2.45, 2.75) is 39.7 Å². The van der Waals surface area contributed by atoms with E-state index in [-0.39, 0.29) is 17.6 Å². The number of hydrogen-bond acceptors (Lipinski definition) is 4. The van der Waals surface area contributed by atoms with Gasteiger partial charge in [0.25, 0.3) is 5.91 Å². The van der Waals surface area contributed by atoms with Crippen molar-refractivity contribution in [2.75, 3.05) is 18.4 Å². The monoisotopic (exact) mass is 379 g/mol. The third-order valence-corrected chi connectivity index (χ3v) is 5.10. The lowest BCUT2D eigenvalue weighted by molar-refractivity contribution is -0.124. The zero-order valence-corrected chi connectivity index (χ0v) is 16.7. The van der Waals surface area contributed by atoms with Crippen molar-refractivity contribution >= 4 is 17.5 Å². The normalized spacial score (nSPS) is 16.8. The second-order valence-corrected chi connectivity index (χ2v) is 7.93. The Kier molecular flexibility index (Phi) is 6.80. The molecule has 0 radical (unpaired) electrons. The number of hydrogen-bond donors (Lipinski definition) is 1.